The van der Waals surface area contributed by atoms with Gasteiger partial charge in [-0.2, -0.15) is 0 Å². The molecule has 1 aromatic carbocycles. The molecule has 2 saturated heterocycles. The van der Waals surface area contributed by atoms with E-state index in [2.05, 4.69) is 5.32 Å². The number of carbonyl (C=O) groups excluding carboxylic acids is 4. The summed E-state index contributed by atoms with van der Waals surface area (Å²) in [6, 6.07) is 7.36. The Morgan fingerprint density at radius 1 is 0.744 bits per heavy atom. The third-order valence-corrected chi connectivity index (χ3v) is 6.73. The minimum Gasteiger partial charge on any atom is -0.459 e. The molecule has 11 heteroatoms. The summed E-state index contributed by atoms with van der Waals surface area (Å²) in [7, 11) is 0. The van der Waals surface area contributed by atoms with E-state index in [-0.39, 0.29) is 31.8 Å². The molecule has 0 spiro atoms. The Hall–Kier alpha value is -3.18. The van der Waals surface area contributed by atoms with Crippen LogP contribution in [0.25, 0.3) is 0 Å². The molecule has 0 aromatic heterocycles. The SMILES string of the molecule is CC(C)(C)OC(=O)CN1C[C@@H](N[C@H]2C[C@H](C(=O)OC(C)(C)C)N(C(=O)OCc3ccccc3)C2)C[C@H]1C(=O)OC(C)(C)C. The zero-order valence-electron chi connectivity index (χ0n) is 27.1. The molecule has 0 unspecified atom stereocenters. The van der Waals surface area contributed by atoms with Crippen LogP contribution in [0.3, 0.4) is 0 Å². The molecule has 11 nitrogen and oxygen atoms in total. The number of ether oxygens (including phenoxy) is 4. The Bertz CT molecular complexity index is 1140. The van der Waals surface area contributed by atoms with Crippen molar-refractivity contribution < 1.29 is 38.1 Å². The molecule has 4 atom stereocenters. The summed E-state index contributed by atoms with van der Waals surface area (Å²) in [6.45, 7) is 16.7. The van der Waals surface area contributed by atoms with E-state index < -0.39 is 52.9 Å². The maximum Gasteiger partial charge on any atom is 0.410 e. The van der Waals surface area contributed by atoms with Crippen LogP contribution in [0.4, 0.5) is 4.79 Å². The van der Waals surface area contributed by atoms with Gasteiger partial charge in [-0.3, -0.25) is 19.4 Å². The first-order valence-electron chi connectivity index (χ1n) is 14.9. The summed E-state index contributed by atoms with van der Waals surface area (Å²) in [6.07, 6.45) is 0.104. The largest absolute Gasteiger partial charge is 0.459 e. The van der Waals surface area contributed by atoms with Crippen LogP contribution in [-0.4, -0.2) is 94.4 Å². The van der Waals surface area contributed by atoms with Gasteiger partial charge in [0, 0.05) is 25.2 Å². The van der Waals surface area contributed by atoms with Crippen molar-refractivity contribution in [2.24, 2.45) is 0 Å². The molecule has 3 rings (SSSR count). The molecular weight excluding hydrogens is 554 g/mol. The zero-order chi connectivity index (χ0) is 32.2. The highest BCUT2D eigenvalue weighted by Gasteiger charge is 2.46. The fourth-order valence-corrected chi connectivity index (χ4v) is 5.24. The minimum atomic E-state index is -0.832. The Labute approximate surface area is 255 Å². The Balaban J connectivity index is 1.73. The van der Waals surface area contributed by atoms with Crippen LogP contribution in [0.15, 0.2) is 30.3 Å². The van der Waals surface area contributed by atoms with Crippen molar-refractivity contribution in [2.45, 2.75) is 123 Å². The van der Waals surface area contributed by atoms with E-state index in [9.17, 15) is 19.2 Å². The molecule has 43 heavy (non-hydrogen) atoms. The van der Waals surface area contributed by atoms with Crippen molar-refractivity contribution in [1.82, 2.24) is 15.1 Å². The summed E-state index contributed by atoms with van der Waals surface area (Å²) in [5.74, 6) is -1.34. The van der Waals surface area contributed by atoms with Crippen molar-refractivity contribution in [3.8, 4) is 0 Å². The number of carbonyl (C=O) groups is 4. The molecule has 0 aliphatic carbocycles. The molecule has 0 saturated carbocycles. The highest BCUT2D eigenvalue weighted by atomic mass is 16.6. The van der Waals surface area contributed by atoms with E-state index in [1.807, 2.05) is 30.3 Å². The number of hydrogen-bond acceptors (Lipinski definition) is 10. The standard InChI is InChI=1S/C32H49N3O8/c1-30(2,3)41-26(36)19-34-17-22(15-24(34)27(37)42-31(4,5)6)33-23-16-25(28(38)43-32(7,8)9)35(18-23)29(39)40-20-21-13-11-10-12-14-21/h10-14,22-25,33H,15-20H2,1-9H3/t22-,23-,24-,25+/m0/s1. The fraction of sp³-hybridized carbons (Fsp3) is 0.688. The average Bonchev–Trinajstić information content (AvgIpc) is 3.44. The quantitative estimate of drug-likeness (QED) is 0.346. The van der Waals surface area contributed by atoms with Crippen molar-refractivity contribution in [3.05, 3.63) is 35.9 Å². The maximum absolute atomic E-state index is 13.2. The second-order valence-electron chi connectivity index (χ2n) is 14.3. The van der Waals surface area contributed by atoms with Crippen molar-refractivity contribution in [2.75, 3.05) is 19.6 Å². The molecule has 240 valence electrons. The number of benzene rings is 1. The van der Waals surface area contributed by atoms with Crippen LogP contribution in [0.1, 0.15) is 80.7 Å². The number of likely N-dealkylation sites (tertiary alicyclic amines) is 2. The summed E-state index contributed by atoms with van der Waals surface area (Å²) in [4.78, 5) is 55.4. The van der Waals surface area contributed by atoms with Crippen LogP contribution in [0.2, 0.25) is 0 Å². The van der Waals surface area contributed by atoms with Gasteiger partial charge in [0.25, 0.3) is 0 Å². The molecule has 0 radical (unpaired) electrons. The van der Waals surface area contributed by atoms with Gasteiger partial charge in [0.15, 0.2) is 0 Å². The Morgan fingerprint density at radius 2 is 1.26 bits per heavy atom. The number of amides is 1. The summed E-state index contributed by atoms with van der Waals surface area (Å²) in [5, 5.41) is 3.52. The van der Waals surface area contributed by atoms with E-state index in [4.69, 9.17) is 18.9 Å². The summed E-state index contributed by atoms with van der Waals surface area (Å²) < 4.78 is 22.4. The van der Waals surface area contributed by atoms with Gasteiger partial charge < -0.3 is 24.3 Å². The predicted octanol–water partition coefficient (Wildman–Crippen LogP) is 3.82. The summed E-state index contributed by atoms with van der Waals surface area (Å²) >= 11 is 0. The van der Waals surface area contributed by atoms with E-state index in [0.29, 0.717) is 19.4 Å². The number of rotatable bonds is 8. The van der Waals surface area contributed by atoms with Gasteiger partial charge in [0.2, 0.25) is 0 Å². The van der Waals surface area contributed by atoms with Crippen LogP contribution >= 0.6 is 0 Å². The van der Waals surface area contributed by atoms with Crippen LogP contribution in [0.5, 0.6) is 0 Å². The molecule has 0 bridgehead atoms. The van der Waals surface area contributed by atoms with Crippen molar-refractivity contribution >= 4 is 24.0 Å². The first kappa shape index (κ1) is 34.3. The van der Waals surface area contributed by atoms with E-state index in [1.54, 1.807) is 67.2 Å². The van der Waals surface area contributed by atoms with Gasteiger partial charge in [-0.05, 0) is 80.7 Å². The van der Waals surface area contributed by atoms with Gasteiger partial charge in [-0.15, -0.1) is 0 Å². The Morgan fingerprint density at radius 3 is 1.81 bits per heavy atom. The van der Waals surface area contributed by atoms with Gasteiger partial charge in [-0.25, -0.2) is 9.59 Å². The molecular formula is C32H49N3O8. The van der Waals surface area contributed by atoms with E-state index in [0.717, 1.165) is 5.56 Å². The minimum absolute atomic E-state index is 0.0670. The highest BCUT2D eigenvalue weighted by molar-refractivity contribution is 5.82. The number of esters is 3. The molecule has 1 N–H and O–H groups in total. The Kier molecular flexibility index (Phi) is 10.9. The van der Waals surface area contributed by atoms with E-state index in [1.165, 1.54) is 4.90 Å². The zero-order valence-corrected chi connectivity index (χ0v) is 27.1. The molecule has 2 aliphatic rings. The van der Waals surface area contributed by atoms with Crippen LogP contribution < -0.4 is 5.32 Å². The molecule has 1 aromatic rings. The number of nitrogens with one attached hydrogen (secondary N) is 1. The van der Waals surface area contributed by atoms with Crippen molar-refractivity contribution in [1.29, 1.82) is 0 Å². The molecule has 1 amide bonds. The fourth-order valence-electron chi connectivity index (χ4n) is 5.24. The summed E-state index contributed by atoms with van der Waals surface area (Å²) in [5.41, 5.74) is -1.24. The molecule has 2 heterocycles. The first-order chi connectivity index (χ1) is 19.8. The number of nitrogens with zero attached hydrogens (tertiary/aromatic N) is 2. The van der Waals surface area contributed by atoms with Gasteiger partial charge in [0.05, 0.1) is 6.54 Å². The lowest BCUT2D eigenvalue weighted by molar-refractivity contribution is -0.163. The maximum atomic E-state index is 13.2. The topological polar surface area (TPSA) is 124 Å². The van der Waals surface area contributed by atoms with E-state index >= 15 is 0 Å². The second-order valence-corrected chi connectivity index (χ2v) is 14.3. The second kappa shape index (κ2) is 13.6. The first-order valence-corrected chi connectivity index (χ1v) is 14.9. The van der Waals surface area contributed by atoms with Gasteiger partial charge in [0.1, 0.15) is 35.5 Å². The molecule has 2 fully saturated rings. The average molecular weight is 604 g/mol. The predicted molar refractivity (Wildman–Crippen MR) is 160 cm³/mol. The lowest BCUT2D eigenvalue weighted by Gasteiger charge is -2.27. The molecule has 2 aliphatic heterocycles. The highest BCUT2D eigenvalue weighted by Crippen LogP contribution is 2.27. The monoisotopic (exact) mass is 603 g/mol. The van der Waals surface area contributed by atoms with Gasteiger partial charge in [-0.1, -0.05) is 30.3 Å². The third kappa shape index (κ3) is 11.1. The third-order valence-electron chi connectivity index (χ3n) is 6.73. The normalized spacial score (nSPS) is 23.1. The number of hydrogen-bond donors (Lipinski definition) is 1. The van der Waals surface area contributed by atoms with Crippen molar-refractivity contribution in [3.63, 3.8) is 0 Å². The lowest BCUT2D eigenvalue weighted by Crippen LogP contribution is -2.45. The van der Waals surface area contributed by atoms with Crippen LogP contribution in [0, 0.1) is 0 Å². The smallest absolute Gasteiger partial charge is 0.410 e. The lowest BCUT2D eigenvalue weighted by atomic mass is 10.1. The van der Waals surface area contributed by atoms with Crippen LogP contribution in [-0.2, 0) is 39.9 Å². The van der Waals surface area contributed by atoms with Gasteiger partial charge >= 0.3 is 24.0 Å².